The maximum absolute atomic E-state index is 13.7. The van der Waals surface area contributed by atoms with Gasteiger partial charge in [-0.25, -0.2) is 4.90 Å². The third-order valence-corrected chi connectivity index (χ3v) is 7.44. The number of carbonyl (C=O) groups is 2. The van der Waals surface area contributed by atoms with E-state index < -0.39 is 28.6 Å². The Bertz CT molecular complexity index is 1370. The largest absolute Gasteiger partial charge is 0.294 e. The average Bonchev–Trinajstić information content (AvgIpc) is 3.50. The molecule has 2 aliphatic carbocycles. The summed E-state index contributed by atoms with van der Waals surface area (Å²) in [4.78, 5) is 39.4. The zero-order chi connectivity index (χ0) is 24.3. The molecule has 172 valence electrons. The molecule has 0 aromatic heterocycles. The van der Waals surface area contributed by atoms with Crippen LogP contribution in [0.1, 0.15) is 11.1 Å². The highest BCUT2D eigenvalue weighted by Gasteiger charge is 2.63. The van der Waals surface area contributed by atoms with E-state index in [0.717, 1.165) is 27.2 Å². The minimum Gasteiger partial charge on any atom is -0.274 e. The van der Waals surface area contributed by atoms with E-state index in [1.807, 2.05) is 72.8 Å². The second-order valence-electron chi connectivity index (χ2n) is 8.95. The SMILES string of the molecule is O=C1[C@H]2[C@H](C(=O)N1c1ccc(Cl)cc1[N+](=O)[O-])[C@H]1C=C[C@@H]2C1=C(c1ccccc1)c1ccccc1. The third kappa shape index (κ3) is 3.17. The van der Waals surface area contributed by atoms with Crippen molar-refractivity contribution in [2.24, 2.45) is 23.7 Å². The molecule has 2 fully saturated rings. The van der Waals surface area contributed by atoms with Gasteiger partial charge in [0.05, 0.1) is 16.8 Å². The summed E-state index contributed by atoms with van der Waals surface area (Å²) in [6.07, 6.45) is 4.02. The topological polar surface area (TPSA) is 80.5 Å². The summed E-state index contributed by atoms with van der Waals surface area (Å²) >= 11 is 5.95. The molecular weight excluding hydrogens is 464 g/mol. The number of carbonyl (C=O) groups excluding carboxylic acids is 2. The zero-order valence-corrected chi connectivity index (χ0v) is 19.1. The molecule has 1 saturated heterocycles. The summed E-state index contributed by atoms with van der Waals surface area (Å²) in [6.45, 7) is 0. The molecule has 3 aromatic rings. The van der Waals surface area contributed by atoms with Crippen LogP contribution in [-0.2, 0) is 9.59 Å². The Balaban J connectivity index is 1.49. The number of hydrogen-bond donors (Lipinski definition) is 0. The lowest BCUT2D eigenvalue weighted by atomic mass is 9.85. The minimum absolute atomic E-state index is 0.0277. The van der Waals surface area contributed by atoms with Crippen LogP contribution in [-0.4, -0.2) is 16.7 Å². The Morgan fingerprint density at radius 1 is 0.800 bits per heavy atom. The van der Waals surface area contributed by atoms with Gasteiger partial charge in [0.25, 0.3) is 5.69 Å². The van der Waals surface area contributed by atoms with Gasteiger partial charge < -0.3 is 0 Å². The smallest absolute Gasteiger partial charge is 0.274 e. The van der Waals surface area contributed by atoms with Gasteiger partial charge in [-0.1, -0.05) is 84.4 Å². The van der Waals surface area contributed by atoms with Crippen molar-refractivity contribution < 1.29 is 14.5 Å². The predicted octanol–water partition coefficient (Wildman–Crippen LogP) is 5.67. The fraction of sp³-hybridized carbons (Fsp3) is 0.143. The Kier molecular flexibility index (Phi) is 4.93. The zero-order valence-electron chi connectivity index (χ0n) is 18.4. The third-order valence-electron chi connectivity index (χ3n) is 7.20. The van der Waals surface area contributed by atoms with Gasteiger partial charge in [0.15, 0.2) is 0 Å². The van der Waals surface area contributed by atoms with Gasteiger partial charge in [-0.3, -0.25) is 19.7 Å². The number of fused-ring (bicyclic) bond motifs is 5. The lowest BCUT2D eigenvalue weighted by Crippen LogP contribution is -2.33. The highest BCUT2D eigenvalue weighted by Crippen LogP contribution is 2.59. The number of anilines is 1. The van der Waals surface area contributed by atoms with Crippen LogP contribution >= 0.6 is 11.6 Å². The second kappa shape index (κ2) is 8.03. The molecule has 0 unspecified atom stereocenters. The normalized spacial score (nSPS) is 24.3. The molecule has 1 heterocycles. The number of nitrogens with zero attached hydrogens (tertiary/aromatic N) is 2. The fourth-order valence-corrected chi connectivity index (χ4v) is 6.04. The van der Waals surface area contributed by atoms with Crippen LogP contribution < -0.4 is 4.90 Å². The average molecular weight is 483 g/mol. The summed E-state index contributed by atoms with van der Waals surface area (Å²) in [5, 5.41) is 11.8. The first-order valence-electron chi connectivity index (χ1n) is 11.3. The van der Waals surface area contributed by atoms with E-state index >= 15 is 0 Å². The fourth-order valence-electron chi connectivity index (χ4n) is 5.88. The molecule has 6 rings (SSSR count). The second-order valence-corrected chi connectivity index (χ2v) is 9.39. The number of hydrogen-bond acceptors (Lipinski definition) is 4. The van der Waals surface area contributed by atoms with E-state index in [1.54, 1.807) is 0 Å². The Labute approximate surface area is 206 Å². The number of nitro groups is 1. The molecule has 2 amide bonds. The molecule has 0 spiro atoms. The summed E-state index contributed by atoms with van der Waals surface area (Å²) in [7, 11) is 0. The van der Waals surface area contributed by atoms with Gasteiger partial charge in [0.2, 0.25) is 11.8 Å². The van der Waals surface area contributed by atoms with E-state index in [1.165, 1.54) is 18.2 Å². The molecule has 0 N–H and O–H groups in total. The van der Waals surface area contributed by atoms with Crippen LogP contribution in [0, 0.1) is 33.8 Å². The molecule has 1 aliphatic heterocycles. The molecule has 2 bridgehead atoms. The van der Waals surface area contributed by atoms with Crippen molar-refractivity contribution >= 4 is 40.4 Å². The van der Waals surface area contributed by atoms with Crippen LogP contribution in [0.2, 0.25) is 5.02 Å². The number of nitro benzene ring substituents is 1. The highest BCUT2D eigenvalue weighted by molar-refractivity contribution is 6.31. The summed E-state index contributed by atoms with van der Waals surface area (Å²) in [5.74, 6) is -2.50. The lowest BCUT2D eigenvalue weighted by molar-refractivity contribution is -0.384. The molecule has 3 aliphatic rings. The number of imide groups is 1. The standard InChI is InChI=1S/C28H19ClN2O4/c29-18-11-14-21(22(15-18)31(34)35)30-27(32)25-19-12-13-20(26(25)28(30)33)24(19)23(16-7-3-1-4-8-16)17-9-5-2-6-10-17/h1-15,19-20,25-26H/t19-,20+,25-,26-/m1/s1. The van der Waals surface area contributed by atoms with Crippen LogP contribution in [0.5, 0.6) is 0 Å². The molecule has 7 heteroatoms. The maximum atomic E-state index is 13.7. The predicted molar refractivity (Wildman–Crippen MR) is 133 cm³/mol. The first kappa shape index (κ1) is 21.5. The Hall–Kier alpha value is -4.03. The summed E-state index contributed by atoms with van der Waals surface area (Å²) < 4.78 is 0. The molecule has 6 nitrogen and oxygen atoms in total. The van der Waals surface area contributed by atoms with Crippen LogP contribution in [0.15, 0.2) is 96.6 Å². The quantitative estimate of drug-likeness (QED) is 0.207. The van der Waals surface area contributed by atoms with E-state index in [4.69, 9.17) is 11.6 Å². The van der Waals surface area contributed by atoms with Crippen molar-refractivity contribution in [3.05, 3.63) is 123 Å². The molecule has 1 saturated carbocycles. The number of rotatable bonds is 4. The van der Waals surface area contributed by atoms with E-state index in [9.17, 15) is 19.7 Å². The number of allylic oxidation sites excluding steroid dienone is 3. The first-order chi connectivity index (χ1) is 17.0. The van der Waals surface area contributed by atoms with Gasteiger partial charge in [0.1, 0.15) is 5.69 Å². The number of benzene rings is 3. The summed E-state index contributed by atoms with van der Waals surface area (Å²) in [5.41, 5.74) is 3.76. The number of halogens is 1. The van der Waals surface area contributed by atoms with Crippen molar-refractivity contribution in [2.45, 2.75) is 0 Å². The molecular formula is C28H19ClN2O4. The minimum atomic E-state index is -0.614. The van der Waals surface area contributed by atoms with Gasteiger partial charge in [-0.2, -0.15) is 0 Å². The van der Waals surface area contributed by atoms with Gasteiger partial charge in [0, 0.05) is 22.9 Å². The maximum Gasteiger partial charge on any atom is 0.294 e. The number of amides is 2. The van der Waals surface area contributed by atoms with Gasteiger partial charge in [-0.05, 0) is 34.4 Å². The van der Waals surface area contributed by atoms with Crippen molar-refractivity contribution in [2.75, 3.05) is 4.90 Å². The highest BCUT2D eigenvalue weighted by atomic mass is 35.5. The van der Waals surface area contributed by atoms with E-state index in [0.29, 0.717) is 0 Å². The Morgan fingerprint density at radius 2 is 1.31 bits per heavy atom. The molecule has 0 radical (unpaired) electrons. The van der Waals surface area contributed by atoms with Crippen LogP contribution in [0.25, 0.3) is 5.57 Å². The van der Waals surface area contributed by atoms with Gasteiger partial charge in [-0.15, -0.1) is 0 Å². The van der Waals surface area contributed by atoms with Crippen molar-refractivity contribution in [3.63, 3.8) is 0 Å². The van der Waals surface area contributed by atoms with Gasteiger partial charge >= 0.3 is 0 Å². The Morgan fingerprint density at radius 3 is 1.80 bits per heavy atom. The van der Waals surface area contributed by atoms with Crippen molar-refractivity contribution in [3.8, 4) is 0 Å². The monoisotopic (exact) mass is 482 g/mol. The molecule has 4 atom stereocenters. The molecule has 35 heavy (non-hydrogen) atoms. The van der Waals surface area contributed by atoms with Crippen molar-refractivity contribution in [1.29, 1.82) is 0 Å². The molecule has 3 aromatic carbocycles. The van der Waals surface area contributed by atoms with Crippen LogP contribution in [0.3, 0.4) is 0 Å². The first-order valence-corrected chi connectivity index (χ1v) is 11.7. The van der Waals surface area contributed by atoms with Crippen molar-refractivity contribution in [1.82, 2.24) is 0 Å². The van der Waals surface area contributed by atoms with E-state index in [-0.39, 0.29) is 28.2 Å². The summed E-state index contributed by atoms with van der Waals surface area (Å²) in [6, 6.07) is 24.0. The lowest BCUT2D eigenvalue weighted by Gasteiger charge is -2.21. The van der Waals surface area contributed by atoms with Crippen LogP contribution in [0.4, 0.5) is 11.4 Å². The van der Waals surface area contributed by atoms with E-state index in [2.05, 4.69) is 0 Å².